The smallest absolute Gasteiger partial charge is 0.410 e. The van der Waals surface area contributed by atoms with Crippen LogP contribution < -0.4 is 0 Å². The van der Waals surface area contributed by atoms with Crippen LogP contribution in [0.2, 0.25) is 0 Å². The van der Waals surface area contributed by atoms with E-state index in [4.69, 9.17) is 9.84 Å². The van der Waals surface area contributed by atoms with Crippen molar-refractivity contribution in [1.82, 2.24) is 4.90 Å². The fraction of sp³-hybridized carbons (Fsp3) is 0.429. The predicted octanol–water partition coefficient (Wildman–Crippen LogP) is 2.36. The van der Waals surface area contributed by atoms with Crippen molar-refractivity contribution in [2.75, 3.05) is 13.2 Å². The van der Waals surface area contributed by atoms with Crippen LogP contribution in [-0.4, -0.2) is 41.3 Å². The van der Waals surface area contributed by atoms with E-state index >= 15 is 0 Å². The Morgan fingerprint density at radius 2 is 2.21 bits per heavy atom. The molecule has 5 nitrogen and oxygen atoms in total. The molecule has 1 aliphatic rings. The van der Waals surface area contributed by atoms with E-state index in [0.717, 1.165) is 5.57 Å². The van der Waals surface area contributed by atoms with Gasteiger partial charge in [0.05, 0.1) is 0 Å². The fourth-order valence-electron chi connectivity index (χ4n) is 1.85. The van der Waals surface area contributed by atoms with Crippen LogP contribution in [0.4, 0.5) is 4.79 Å². The second kappa shape index (κ2) is 7.41. The van der Waals surface area contributed by atoms with Crippen molar-refractivity contribution in [3.05, 3.63) is 36.5 Å². The SMILES string of the molecule is C=C/C=C\C=C(/C)COC(=O)N1CCCC1C(=O)O. The highest BCUT2D eigenvalue weighted by Crippen LogP contribution is 2.18. The molecule has 104 valence electrons. The third kappa shape index (κ3) is 4.62. The normalized spacial score (nSPS) is 19.7. The number of amides is 1. The largest absolute Gasteiger partial charge is 0.480 e. The molecular formula is C14H19NO4. The lowest BCUT2D eigenvalue weighted by atomic mass is 10.2. The van der Waals surface area contributed by atoms with Gasteiger partial charge >= 0.3 is 12.1 Å². The summed E-state index contributed by atoms with van der Waals surface area (Å²) in [7, 11) is 0. The Hall–Kier alpha value is -2.04. The number of hydrogen-bond donors (Lipinski definition) is 1. The minimum Gasteiger partial charge on any atom is -0.480 e. The van der Waals surface area contributed by atoms with Crippen LogP contribution in [0.25, 0.3) is 0 Å². The van der Waals surface area contributed by atoms with Crippen molar-refractivity contribution in [2.45, 2.75) is 25.8 Å². The molecule has 1 rings (SSSR count). The summed E-state index contributed by atoms with van der Waals surface area (Å²) in [5.41, 5.74) is 0.873. The van der Waals surface area contributed by atoms with Crippen LogP contribution in [0.3, 0.4) is 0 Å². The van der Waals surface area contributed by atoms with E-state index in [0.29, 0.717) is 19.4 Å². The highest BCUT2D eigenvalue weighted by atomic mass is 16.6. The molecule has 1 atom stereocenters. The van der Waals surface area contributed by atoms with Gasteiger partial charge in [0.25, 0.3) is 0 Å². The molecule has 0 aliphatic carbocycles. The Bertz CT molecular complexity index is 412. The minimum absolute atomic E-state index is 0.156. The third-order valence-corrected chi connectivity index (χ3v) is 2.82. The lowest BCUT2D eigenvalue weighted by molar-refractivity contribution is -0.141. The first-order valence-corrected chi connectivity index (χ1v) is 6.17. The molecule has 19 heavy (non-hydrogen) atoms. The predicted molar refractivity (Wildman–Crippen MR) is 71.8 cm³/mol. The molecule has 0 radical (unpaired) electrons. The zero-order valence-corrected chi connectivity index (χ0v) is 11.0. The summed E-state index contributed by atoms with van der Waals surface area (Å²) in [6, 6.07) is -0.752. The van der Waals surface area contributed by atoms with Crippen molar-refractivity contribution >= 4 is 12.1 Å². The summed E-state index contributed by atoms with van der Waals surface area (Å²) >= 11 is 0. The van der Waals surface area contributed by atoms with Crippen LogP contribution in [0, 0.1) is 0 Å². The number of aliphatic carboxylic acids is 1. The fourth-order valence-corrected chi connectivity index (χ4v) is 1.85. The molecule has 0 bridgehead atoms. The number of carbonyl (C=O) groups is 2. The van der Waals surface area contributed by atoms with Gasteiger partial charge in [-0.05, 0) is 25.3 Å². The van der Waals surface area contributed by atoms with Crippen molar-refractivity contribution in [3.8, 4) is 0 Å². The van der Waals surface area contributed by atoms with Gasteiger partial charge in [0, 0.05) is 6.54 Å². The number of carbonyl (C=O) groups excluding carboxylic acids is 1. The number of allylic oxidation sites excluding steroid dienone is 4. The first kappa shape index (κ1) is 15.0. The molecule has 1 saturated heterocycles. The molecule has 1 heterocycles. The zero-order valence-electron chi connectivity index (χ0n) is 11.0. The van der Waals surface area contributed by atoms with E-state index in [2.05, 4.69) is 6.58 Å². The van der Waals surface area contributed by atoms with Crippen LogP contribution >= 0.6 is 0 Å². The molecule has 1 unspecified atom stereocenters. The van der Waals surface area contributed by atoms with E-state index in [1.165, 1.54) is 4.90 Å². The molecule has 5 heteroatoms. The second-order valence-corrected chi connectivity index (χ2v) is 4.38. The van der Waals surface area contributed by atoms with Crippen LogP contribution in [0.5, 0.6) is 0 Å². The highest BCUT2D eigenvalue weighted by Gasteiger charge is 2.34. The lowest BCUT2D eigenvalue weighted by Gasteiger charge is -2.20. The first-order valence-electron chi connectivity index (χ1n) is 6.17. The van der Waals surface area contributed by atoms with E-state index in [9.17, 15) is 9.59 Å². The van der Waals surface area contributed by atoms with Gasteiger partial charge in [-0.15, -0.1) is 0 Å². The number of rotatable bonds is 5. The summed E-state index contributed by atoms with van der Waals surface area (Å²) in [5.74, 6) is -0.976. The maximum absolute atomic E-state index is 11.8. The molecule has 1 aliphatic heterocycles. The number of likely N-dealkylation sites (tertiary alicyclic amines) is 1. The van der Waals surface area contributed by atoms with Gasteiger partial charge in [-0.2, -0.15) is 0 Å². The summed E-state index contributed by atoms with van der Waals surface area (Å²) in [6.45, 7) is 5.97. The van der Waals surface area contributed by atoms with Gasteiger partial charge in [0.15, 0.2) is 0 Å². The van der Waals surface area contributed by atoms with Gasteiger partial charge in [0.2, 0.25) is 0 Å². The Morgan fingerprint density at radius 1 is 1.47 bits per heavy atom. The standard InChI is InChI=1S/C14H19NO4/c1-3-4-5-7-11(2)10-19-14(18)15-9-6-8-12(15)13(16)17/h3-5,7,12H,1,6,8-10H2,2H3,(H,16,17)/b5-4-,11-7+. The molecule has 0 aromatic carbocycles. The molecule has 0 aromatic heterocycles. The highest BCUT2D eigenvalue weighted by molar-refractivity contribution is 5.80. The van der Waals surface area contributed by atoms with Gasteiger partial charge in [0.1, 0.15) is 12.6 Å². The number of hydrogen-bond acceptors (Lipinski definition) is 3. The maximum Gasteiger partial charge on any atom is 0.410 e. The average Bonchev–Trinajstić information content (AvgIpc) is 2.85. The molecule has 1 amide bonds. The van der Waals surface area contributed by atoms with Gasteiger partial charge in [-0.1, -0.05) is 30.9 Å². The molecule has 1 fully saturated rings. The van der Waals surface area contributed by atoms with Gasteiger partial charge in [-0.25, -0.2) is 9.59 Å². The van der Waals surface area contributed by atoms with E-state index < -0.39 is 18.1 Å². The van der Waals surface area contributed by atoms with Gasteiger partial charge < -0.3 is 9.84 Å². The van der Waals surface area contributed by atoms with Crippen LogP contribution in [0.15, 0.2) is 36.5 Å². The first-order chi connectivity index (χ1) is 9.06. The van der Waals surface area contributed by atoms with E-state index in [1.807, 2.05) is 13.0 Å². The molecule has 0 aromatic rings. The van der Waals surface area contributed by atoms with Crippen molar-refractivity contribution in [3.63, 3.8) is 0 Å². The molecule has 1 N–H and O–H groups in total. The third-order valence-electron chi connectivity index (χ3n) is 2.82. The zero-order chi connectivity index (χ0) is 14.3. The maximum atomic E-state index is 11.8. The Kier molecular flexibility index (Phi) is 5.85. The Morgan fingerprint density at radius 3 is 2.84 bits per heavy atom. The van der Waals surface area contributed by atoms with E-state index in [1.54, 1.807) is 18.2 Å². The lowest BCUT2D eigenvalue weighted by Crippen LogP contribution is -2.40. The quantitative estimate of drug-likeness (QED) is 0.775. The van der Waals surface area contributed by atoms with E-state index in [-0.39, 0.29) is 6.61 Å². The summed E-state index contributed by atoms with van der Waals surface area (Å²) in [6.07, 6.45) is 7.65. The molecule has 0 saturated carbocycles. The van der Waals surface area contributed by atoms with Crippen molar-refractivity contribution in [1.29, 1.82) is 0 Å². The van der Waals surface area contributed by atoms with Crippen LogP contribution in [-0.2, 0) is 9.53 Å². The topological polar surface area (TPSA) is 66.8 Å². The second-order valence-electron chi connectivity index (χ2n) is 4.38. The summed E-state index contributed by atoms with van der Waals surface area (Å²) < 4.78 is 5.09. The Balaban J connectivity index is 2.47. The number of nitrogens with zero attached hydrogens (tertiary/aromatic N) is 1. The van der Waals surface area contributed by atoms with Gasteiger partial charge in [-0.3, -0.25) is 4.90 Å². The molecule has 0 spiro atoms. The van der Waals surface area contributed by atoms with Crippen LogP contribution in [0.1, 0.15) is 19.8 Å². The average molecular weight is 265 g/mol. The number of ether oxygens (including phenoxy) is 1. The molecular weight excluding hydrogens is 246 g/mol. The monoisotopic (exact) mass is 265 g/mol. The summed E-state index contributed by atoms with van der Waals surface area (Å²) in [5, 5.41) is 8.97. The van der Waals surface area contributed by atoms with Crippen molar-refractivity contribution < 1.29 is 19.4 Å². The summed E-state index contributed by atoms with van der Waals surface area (Å²) in [4.78, 5) is 24.0. The Labute approximate surface area is 112 Å². The number of carboxylic acids is 1. The minimum atomic E-state index is -0.976. The number of carboxylic acid groups (broad SMARTS) is 1. The van der Waals surface area contributed by atoms with Crippen molar-refractivity contribution in [2.24, 2.45) is 0 Å².